The Bertz CT molecular complexity index is 866. The van der Waals surface area contributed by atoms with Gasteiger partial charge in [0, 0.05) is 27.7 Å². The van der Waals surface area contributed by atoms with Crippen LogP contribution in [0.5, 0.6) is 0 Å². The average Bonchev–Trinajstić information content (AvgIpc) is 2.94. The minimum atomic E-state index is -0.0314. The summed E-state index contributed by atoms with van der Waals surface area (Å²) in [6.45, 7) is 7.73. The third-order valence-corrected chi connectivity index (χ3v) is 4.95. The molecule has 4 nitrogen and oxygen atoms in total. The molecule has 0 radical (unpaired) electrons. The summed E-state index contributed by atoms with van der Waals surface area (Å²) in [5, 5.41) is 5.95. The lowest BCUT2D eigenvalue weighted by atomic mass is 10.2. The fourth-order valence-electron chi connectivity index (χ4n) is 2.57. The summed E-state index contributed by atoms with van der Waals surface area (Å²) < 4.78 is 1.56. The summed E-state index contributed by atoms with van der Waals surface area (Å²) >= 11 is 1.80. The number of fused-ring (bicyclic) bond motifs is 1. The third-order valence-electron chi connectivity index (χ3n) is 3.96. The van der Waals surface area contributed by atoms with Gasteiger partial charge in [-0.05, 0) is 39.0 Å². The molecule has 0 saturated carbocycles. The largest absolute Gasteiger partial charge is 0.277 e. The lowest BCUT2D eigenvalue weighted by molar-refractivity contribution is 0.153. The van der Waals surface area contributed by atoms with Gasteiger partial charge in [-0.15, -0.1) is 11.3 Å². The highest BCUT2D eigenvalue weighted by Gasteiger charge is 2.14. The molecular formula is C18H21N3OS. The van der Waals surface area contributed by atoms with Crippen LogP contribution in [0, 0.1) is 6.92 Å². The first-order chi connectivity index (χ1) is 11.0. The lowest BCUT2D eigenvalue weighted by Gasteiger charge is -2.26. The number of benzene rings is 1. The molecule has 2 aromatic heterocycles. The van der Waals surface area contributed by atoms with Crippen molar-refractivity contribution in [3.8, 4) is 0 Å². The SMILES string of the molecule is Cc1ccc(CN(Cn2ncc3ccccc3c2=O)C(C)C)s1. The number of aryl methyl sites for hydroxylation is 1. The Kier molecular flexibility index (Phi) is 4.59. The molecule has 0 saturated heterocycles. The second-order valence-electron chi connectivity index (χ2n) is 6.03. The van der Waals surface area contributed by atoms with Crippen LogP contribution in [0.15, 0.2) is 47.4 Å². The zero-order valence-corrected chi connectivity index (χ0v) is 14.5. The van der Waals surface area contributed by atoms with Gasteiger partial charge in [0.15, 0.2) is 0 Å². The van der Waals surface area contributed by atoms with Gasteiger partial charge in [-0.1, -0.05) is 18.2 Å². The standard InChI is InChI=1S/C18H21N3OS/c1-13(2)20(11-16-9-8-14(3)23-16)12-21-18(22)17-7-5-4-6-15(17)10-19-21/h4-10,13H,11-12H2,1-3H3. The van der Waals surface area contributed by atoms with Crippen molar-refractivity contribution in [3.63, 3.8) is 0 Å². The van der Waals surface area contributed by atoms with Crippen molar-refractivity contribution in [3.05, 3.63) is 62.7 Å². The summed E-state index contributed by atoms with van der Waals surface area (Å²) in [6.07, 6.45) is 1.77. The number of nitrogens with zero attached hydrogens (tertiary/aromatic N) is 3. The zero-order chi connectivity index (χ0) is 16.4. The maximum atomic E-state index is 12.6. The maximum absolute atomic E-state index is 12.6. The minimum Gasteiger partial charge on any atom is -0.277 e. The second kappa shape index (κ2) is 6.64. The molecule has 120 valence electrons. The van der Waals surface area contributed by atoms with Crippen LogP contribution in [-0.4, -0.2) is 20.7 Å². The molecule has 0 fully saturated rings. The van der Waals surface area contributed by atoms with Gasteiger partial charge in [0.2, 0.25) is 0 Å². The predicted octanol–water partition coefficient (Wildman–Crippen LogP) is 3.63. The molecule has 0 N–H and O–H groups in total. The van der Waals surface area contributed by atoms with Crippen LogP contribution >= 0.6 is 11.3 Å². The molecule has 0 amide bonds. The van der Waals surface area contributed by atoms with Crippen LogP contribution in [0.2, 0.25) is 0 Å². The molecule has 0 bridgehead atoms. The molecule has 0 unspecified atom stereocenters. The first kappa shape index (κ1) is 15.9. The van der Waals surface area contributed by atoms with E-state index in [1.807, 2.05) is 24.3 Å². The van der Waals surface area contributed by atoms with Crippen molar-refractivity contribution in [2.24, 2.45) is 0 Å². The van der Waals surface area contributed by atoms with Crippen LogP contribution in [0.4, 0.5) is 0 Å². The molecule has 0 atom stereocenters. The van der Waals surface area contributed by atoms with Gasteiger partial charge in [-0.25, -0.2) is 4.68 Å². The van der Waals surface area contributed by atoms with Crippen LogP contribution in [0.3, 0.4) is 0 Å². The van der Waals surface area contributed by atoms with E-state index in [-0.39, 0.29) is 5.56 Å². The van der Waals surface area contributed by atoms with Crippen molar-refractivity contribution in [1.82, 2.24) is 14.7 Å². The first-order valence-electron chi connectivity index (χ1n) is 7.79. The van der Waals surface area contributed by atoms with E-state index in [1.165, 1.54) is 9.75 Å². The molecule has 23 heavy (non-hydrogen) atoms. The van der Waals surface area contributed by atoms with E-state index in [0.717, 1.165) is 17.3 Å². The molecule has 1 aromatic carbocycles. The second-order valence-corrected chi connectivity index (χ2v) is 7.40. The molecule has 3 aromatic rings. The molecule has 2 heterocycles. The highest BCUT2D eigenvalue weighted by molar-refractivity contribution is 7.11. The van der Waals surface area contributed by atoms with Crippen LogP contribution < -0.4 is 5.56 Å². The number of hydrogen-bond acceptors (Lipinski definition) is 4. The van der Waals surface area contributed by atoms with Crippen molar-refractivity contribution in [2.45, 2.75) is 40.0 Å². The van der Waals surface area contributed by atoms with E-state index in [0.29, 0.717) is 12.7 Å². The van der Waals surface area contributed by atoms with E-state index < -0.39 is 0 Å². The average molecular weight is 327 g/mol. The molecule has 0 spiro atoms. The number of rotatable bonds is 5. The van der Waals surface area contributed by atoms with Crippen LogP contribution in [0.25, 0.3) is 10.8 Å². The Morgan fingerprint density at radius 2 is 2.00 bits per heavy atom. The van der Waals surface area contributed by atoms with Gasteiger partial charge < -0.3 is 0 Å². The van der Waals surface area contributed by atoms with Gasteiger partial charge in [0.25, 0.3) is 5.56 Å². The summed E-state index contributed by atoms with van der Waals surface area (Å²) in [7, 11) is 0. The Morgan fingerprint density at radius 1 is 1.22 bits per heavy atom. The quantitative estimate of drug-likeness (QED) is 0.718. The van der Waals surface area contributed by atoms with Crippen molar-refractivity contribution in [2.75, 3.05) is 0 Å². The van der Waals surface area contributed by atoms with Gasteiger partial charge in [0.05, 0.1) is 18.3 Å². The zero-order valence-electron chi connectivity index (χ0n) is 13.7. The summed E-state index contributed by atoms with van der Waals surface area (Å²) in [5.74, 6) is 0. The van der Waals surface area contributed by atoms with Crippen LogP contribution in [-0.2, 0) is 13.2 Å². The van der Waals surface area contributed by atoms with E-state index in [9.17, 15) is 4.79 Å². The van der Waals surface area contributed by atoms with Crippen molar-refractivity contribution < 1.29 is 0 Å². The maximum Gasteiger partial charge on any atom is 0.275 e. The van der Waals surface area contributed by atoms with Crippen molar-refractivity contribution in [1.29, 1.82) is 0 Å². The molecule has 5 heteroatoms. The Hall–Kier alpha value is -1.98. The highest BCUT2D eigenvalue weighted by Crippen LogP contribution is 2.18. The number of aromatic nitrogens is 2. The van der Waals surface area contributed by atoms with E-state index in [4.69, 9.17) is 0 Å². The predicted molar refractivity (Wildman–Crippen MR) is 95.7 cm³/mol. The van der Waals surface area contributed by atoms with Gasteiger partial charge in [-0.3, -0.25) is 9.69 Å². The fraction of sp³-hybridized carbons (Fsp3) is 0.333. The lowest BCUT2D eigenvalue weighted by Crippen LogP contribution is -2.37. The fourth-order valence-corrected chi connectivity index (χ4v) is 3.48. The molecule has 3 rings (SSSR count). The number of thiophene rings is 1. The first-order valence-corrected chi connectivity index (χ1v) is 8.60. The summed E-state index contributed by atoms with van der Waals surface area (Å²) in [5.41, 5.74) is -0.0314. The van der Waals surface area contributed by atoms with E-state index >= 15 is 0 Å². The van der Waals surface area contributed by atoms with Crippen LogP contribution in [0.1, 0.15) is 23.6 Å². The summed E-state index contributed by atoms with van der Waals surface area (Å²) in [6, 6.07) is 12.2. The molecule has 0 aliphatic carbocycles. The van der Waals surface area contributed by atoms with Gasteiger partial charge in [0.1, 0.15) is 0 Å². The molecule has 0 aliphatic rings. The topological polar surface area (TPSA) is 38.1 Å². The Balaban J connectivity index is 1.88. The Labute approximate surface area is 140 Å². The molecular weight excluding hydrogens is 306 g/mol. The minimum absolute atomic E-state index is 0.0314. The molecule has 0 aliphatic heterocycles. The van der Waals surface area contributed by atoms with Crippen molar-refractivity contribution >= 4 is 22.1 Å². The monoisotopic (exact) mass is 327 g/mol. The van der Waals surface area contributed by atoms with Gasteiger partial charge >= 0.3 is 0 Å². The third kappa shape index (κ3) is 3.51. The smallest absolute Gasteiger partial charge is 0.275 e. The number of hydrogen-bond donors (Lipinski definition) is 0. The summed E-state index contributed by atoms with van der Waals surface area (Å²) in [4.78, 5) is 17.5. The van der Waals surface area contributed by atoms with Gasteiger partial charge in [-0.2, -0.15) is 5.10 Å². The van der Waals surface area contributed by atoms with E-state index in [1.54, 1.807) is 22.2 Å². The van der Waals surface area contributed by atoms with E-state index in [2.05, 4.69) is 42.9 Å². The Morgan fingerprint density at radius 3 is 2.70 bits per heavy atom. The normalized spacial score (nSPS) is 11.7. The highest BCUT2D eigenvalue weighted by atomic mass is 32.1.